The monoisotopic (exact) mass is 516 g/mol. The maximum atomic E-state index is 14.2. The minimum Gasteiger partial charge on any atom is -0.367 e. The lowest BCUT2D eigenvalue weighted by molar-refractivity contribution is -0.137. The minimum absolute atomic E-state index is 0.0171. The average molecular weight is 517 g/mol. The zero-order valence-corrected chi connectivity index (χ0v) is 19.7. The van der Waals surface area contributed by atoms with Crippen LogP contribution in [0, 0.1) is 5.82 Å². The van der Waals surface area contributed by atoms with Crippen LogP contribution >= 0.6 is 11.6 Å². The zero-order valence-electron chi connectivity index (χ0n) is 19.0. The number of carbonyl (C=O) groups is 1. The van der Waals surface area contributed by atoms with Crippen LogP contribution in [0.1, 0.15) is 11.1 Å². The predicted octanol–water partition coefficient (Wildman–Crippen LogP) is 5.75. The lowest BCUT2D eigenvalue weighted by atomic mass is 10.1. The summed E-state index contributed by atoms with van der Waals surface area (Å²) in [7, 11) is 0. The van der Waals surface area contributed by atoms with Crippen molar-refractivity contribution in [1.82, 2.24) is 4.90 Å². The molecule has 0 unspecified atom stereocenters. The Morgan fingerprint density at radius 1 is 0.889 bits per heavy atom. The van der Waals surface area contributed by atoms with Crippen molar-refractivity contribution < 1.29 is 22.4 Å². The number of hydrogen-bond acceptors (Lipinski definition) is 4. The maximum Gasteiger partial charge on any atom is 0.416 e. The van der Waals surface area contributed by atoms with Gasteiger partial charge in [0.05, 0.1) is 34.3 Å². The van der Waals surface area contributed by atoms with E-state index in [1.807, 2.05) is 4.90 Å². The smallest absolute Gasteiger partial charge is 0.367 e. The Labute approximate surface area is 210 Å². The molecule has 3 aromatic carbocycles. The number of benzene rings is 3. The van der Waals surface area contributed by atoms with Gasteiger partial charge in [-0.3, -0.25) is 14.6 Å². The molecule has 10 heteroatoms. The molecule has 0 N–H and O–H groups in total. The largest absolute Gasteiger partial charge is 0.416 e. The first-order valence-corrected chi connectivity index (χ1v) is 11.7. The molecule has 2 heterocycles. The van der Waals surface area contributed by atoms with Crippen molar-refractivity contribution in [1.29, 1.82) is 0 Å². The summed E-state index contributed by atoms with van der Waals surface area (Å²) in [5.41, 5.74) is 0.727. The number of para-hydroxylation sites is 2. The Hall–Kier alpha value is -3.43. The molecule has 0 bridgehead atoms. The number of carbonyl (C=O) groups excluding carboxylic acids is 1. The van der Waals surface area contributed by atoms with Gasteiger partial charge in [0.2, 0.25) is 0 Å². The van der Waals surface area contributed by atoms with Crippen LogP contribution in [-0.2, 0) is 11.0 Å². The molecule has 0 spiro atoms. The van der Waals surface area contributed by atoms with Crippen LogP contribution in [-0.4, -0.2) is 49.4 Å². The highest BCUT2D eigenvalue weighted by Crippen LogP contribution is 2.37. The van der Waals surface area contributed by atoms with Crippen molar-refractivity contribution in [3.05, 3.63) is 88.7 Å². The van der Waals surface area contributed by atoms with E-state index in [4.69, 9.17) is 11.6 Å². The normalized spacial score (nSPS) is 17.7. The summed E-state index contributed by atoms with van der Waals surface area (Å²) in [5.74, 6) is -0.690. The number of alkyl halides is 3. The van der Waals surface area contributed by atoms with Gasteiger partial charge >= 0.3 is 6.18 Å². The van der Waals surface area contributed by atoms with E-state index in [0.717, 1.165) is 18.2 Å². The van der Waals surface area contributed by atoms with Gasteiger partial charge in [0.1, 0.15) is 11.5 Å². The fourth-order valence-electron chi connectivity index (χ4n) is 4.44. The Morgan fingerprint density at radius 2 is 1.56 bits per heavy atom. The van der Waals surface area contributed by atoms with Crippen molar-refractivity contribution in [2.24, 2.45) is 4.99 Å². The first-order valence-electron chi connectivity index (χ1n) is 11.3. The lowest BCUT2D eigenvalue weighted by Gasteiger charge is -2.37. The molecule has 1 amide bonds. The molecular weight excluding hydrogens is 496 g/mol. The summed E-state index contributed by atoms with van der Waals surface area (Å²) < 4.78 is 53.8. The molecule has 1 saturated heterocycles. The highest BCUT2D eigenvalue weighted by Gasteiger charge is 2.36. The summed E-state index contributed by atoms with van der Waals surface area (Å²) in [6.07, 6.45) is -4.56. The van der Waals surface area contributed by atoms with Crippen molar-refractivity contribution in [2.45, 2.75) is 6.18 Å². The number of aliphatic imine (C=N–C) groups is 1. The van der Waals surface area contributed by atoms with E-state index in [0.29, 0.717) is 43.1 Å². The van der Waals surface area contributed by atoms with Crippen LogP contribution in [0.5, 0.6) is 0 Å². The fourth-order valence-corrected chi connectivity index (χ4v) is 4.60. The summed E-state index contributed by atoms with van der Waals surface area (Å²) in [6, 6.07) is 16.5. The molecule has 36 heavy (non-hydrogen) atoms. The van der Waals surface area contributed by atoms with E-state index in [9.17, 15) is 22.4 Å². The Morgan fingerprint density at radius 3 is 2.25 bits per heavy atom. The lowest BCUT2D eigenvalue weighted by Crippen LogP contribution is -2.51. The minimum atomic E-state index is -4.56. The van der Waals surface area contributed by atoms with Crippen LogP contribution in [0.4, 0.5) is 34.6 Å². The standard InChI is InChI=1S/C26H21ClF4N4O/c27-19-10-9-17(26(29,30)31)15-21(19)32-24-18-5-1-3-7-22(18)35(25(24)36)16-33-11-13-34(14-12-33)23-8-4-2-6-20(23)28/h1-10,15H,11-14,16H2. The summed E-state index contributed by atoms with van der Waals surface area (Å²) in [4.78, 5) is 23.3. The highest BCUT2D eigenvalue weighted by atomic mass is 35.5. The fraction of sp³-hybridized carbons (Fsp3) is 0.231. The zero-order chi connectivity index (χ0) is 25.4. The number of hydrogen-bond donors (Lipinski definition) is 0. The van der Waals surface area contributed by atoms with Gasteiger partial charge in [-0.15, -0.1) is 0 Å². The number of rotatable bonds is 4. The summed E-state index contributed by atoms with van der Waals surface area (Å²) >= 11 is 6.13. The van der Waals surface area contributed by atoms with Gasteiger partial charge < -0.3 is 4.90 Å². The molecule has 0 aromatic heterocycles. The van der Waals surface area contributed by atoms with E-state index in [1.54, 1.807) is 47.4 Å². The molecule has 0 atom stereocenters. The van der Waals surface area contributed by atoms with Crippen LogP contribution in [0.2, 0.25) is 5.02 Å². The maximum absolute atomic E-state index is 14.2. The topological polar surface area (TPSA) is 39.2 Å². The molecule has 1 fully saturated rings. The molecule has 2 aliphatic rings. The van der Waals surface area contributed by atoms with Crippen molar-refractivity contribution in [2.75, 3.05) is 42.6 Å². The third-order valence-electron chi connectivity index (χ3n) is 6.31. The van der Waals surface area contributed by atoms with Gasteiger partial charge in [-0.2, -0.15) is 13.2 Å². The van der Waals surface area contributed by atoms with Gasteiger partial charge in [-0.25, -0.2) is 9.38 Å². The molecule has 2 aliphatic heterocycles. The number of anilines is 2. The van der Waals surface area contributed by atoms with Crippen LogP contribution in [0.3, 0.4) is 0 Å². The molecular formula is C26H21ClF4N4O. The van der Waals surface area contributed by atoms with Crippen molar-refractivity contribution in [3.8, 4) is 0 Å². The number of nitrogens with zero attached hydrogens (tertiary/aromatic N) is 4. The number of halogens is 5. The number of amides is 1. The molecule has 0 saturated carbocycles. The van der Waals surface area contributed by atoms with Gasteiger partial charge in [-0.05, 0) is 36.4 Å². The quantitative estimate of drug-likeness (QED) is 0.415. The molecule has 186 valence electrons. The second-order valence-corrected chi connectivity index (χ2v) is 8.98. The molecule has 0 radical (unpaired) electrons. The van der Waals surface area contributed by atoms with E-state index in [1.165, 1.54) is 6.07 Å². The van der Waals surface area contributed by atoms with Gasteiger partial charge in [0.15, 0.2) is 0 Å². The Bertz CT molecular complexity index is 1340. The van der Waals surface area contributed by atoms with Gasteiger partial charge in [0.25, 0.3) is 5.91 Å². The van der Waals surface area contributed by atoms with E-state index in [2.05, 4.69) is 9.89 Å². The third kappa shape index (κ3) is 4.68. The first-order chi connectivity index (χ1) is 17.2. The third-order valence-corrected chi connectivity index (χ3v) is 6.63. The molecule has 5 rings (SSSR count). The molecule has 5 nitrogen and oxygen atoms in total. The predicted molar refractivity (Wildman–Crippen MR) is 132 cm³/mol. The van der Waals surface area contributed by atoms with Crippen LogP contribution in [0.15, 0.2) is 71.7 Å². The second kappa shape index (κ2) is 9.55. The van der Waals surface area contributed by atoms with E-state index < -0.39 is 17.6 Å². The van der Waals surface area contributed by atoms with Gasteiger partial charge in [-0.1, -0.05) is 41.9 Å². The summed E-state index contributed by atoms with van der Waals surface area (Å²) in [6.45, 7) is 2.66. The Kier molecular flexibility index (Phi) is 6.44. The van der Waals surface area contributed by atoms with E-state index in [-0.39, 0.29) is 28.9 Å². The number of fused-ring (bicyclic) bond motifs is 1. The van der Waals surface area contributed by atoms with Crippen LogP contribution < -0.4 is 9.80 Å². The van der Waals surface area contributed by atoms with E-state index >= 15 is 0 Å². The molecule has 3 aromatic rings. The summed E-state index contributed by atoms with van der Waals surface area (Å²) in [5, 5.41) is 0.0171. The molecule has 0 aliphatic carbocycles. The van der Waals surface area contributed by atoms with Crippen molar-refractivity contribution in [3.63, 3.8) is 0 Å². The van der Waals surface area contributed by atoms with Gasteiger partial charge in [0, 0.05) is 31.7 Å². The Balaban J connectivity index is 1.37. The SMILES string of the molecule is O=C1C(=Nc2cc(C(F)(F)F)ccc2Cl)c2ccccc2N1CN1CCN(c2ccccc2F)CC1. The first kappa shape index (κ1) is 24.3. The number of piperazine rings is 1. The average Bonchev–Trinajstić information content (AvgIpc) is 3.11. The van der Waals surface area contributed by atoms with Crippen molar-refractivity contribution >= 4 is 40.3 Å². The second-order valence-electron chi connectivity index (χ2n) is 8.57. The van der Waals surface area contributed by atoms with Crippen LogP contribution in [0.25, 0.3) is 0 Å². The highest BCUT2D eigenvalue weighted by molar-refractivity contribution is 6.54.